The maximum absolute atomic E-state index is 10.5. The molecule has 0 unspecified atom stereocenters. The number of nitrogens with two attached hydrogens (primary N) is 3. The molecule has 3 rings (SSSR count). The molecule has 0 heterocycles. The van der Waals surface area contributed by atoms with Gasteiger partial charge in [-0.05, 0) is 54.6 Å². The second-order valence-corrected chi connectivity index (χ2v) is 7.36. The van der Waals surface area contributed by atoms with Crippen molar-refractivity contribution in [3.05, 3.63) is 88.0 Å². The van der Waals surface area contributed by atoms with E-state index in [1.165, 1.54) is 36.4 Å². The molecule has 15 nitrogen and oxygen atoms in total. The standard InChI is InChI=1S/3C8H7NO4.2Pr/c3*9-6-2-4(7(10)11)1-5(3-6)8(12)13;;/h3*1-3H,9H2,(H,10,11)(H,12,13);;. The minimum atomic E-state index is -1.20. The Labute approximate surface area is 296 Å². The van der Waals surface area contributed by atoms with Crippen LogP contribution in [0.2, 0.25) is 0 Å². The van der Waals surface area contributed by atoms with Crippen LogP contribution in [0.3, 0.4) is 0 Å². The number of rotatable bonds is 6. The van der Waals surface area contributed by atoms with Gasteiger partial charge < -0.3 is 47.8 Å². The summed E-state index contributed by atoms with van der Waals surface area (Å²) in [6.45, 7) is 0. The molecule has 0 aromatic heterocycles. The summed E-state index contributed by atoms with van der Waals surface area (Å²) in [4.78, 5) is 62.9. The first-order valence-corrected chi connectivity index (χ1v) is 10.1. The maximum Gasteiger partial charge on any atom is 0.335 e. The van der Waals surface area contributed by atoms with E-state index in [-0.39, 0.29) is 133 Å². The molecule has 0 amide bonds. The zero-order valence-electron chi connectivity index (χ0n) is 20.7. The molecule has 41 heavy (non-hydrogen) atoms. The molecule has 0 spiro atoms. The summed E-state index contributed by atoms with van der Waals surface area (Å²) < 4.78 is 0. The maximum atomic E-state index is 10.5. The Morgan fingerprint density at radius 2 is 0.463 bits per heavy atom. The van der Waals surface area contributed by atoms with Crippen molar-refractivity contribution in [1.82, 2.24) is 0 Å². The van der Waals surface area contributed by atoms with Crippen molar-refractivity contribution in [2.24, 2.45) is 0 Å². The Morgan fingerprint density at radius 1 is 0.341 bits per heavy atom. The van der Waals surface area contributed by atoms with Crippen LogP contribution in [0.15, 0.2) is 54.6 Å². The fourth-order valence-electron chi connectivity index (χ4n) is 2.70. The number of carboxylic acid groups (broad SMARTS) is 6. The van der Waals surface area contributed by atoms with E-state index in [1.54, 1.807) is 0 Å². The molecule has 17 heteroatoms. The van der Waals surface area contributed by atoms with Crippen molar-refractivity contribution in [1.29, 1.82) is 0 Å². The van der Waals surface area contributed by atoms with Crippen LogP contribution in [0.4, 0.5) is 17.1 Å². The van der Waals surface area contributed by atoms with Crippen LogP contribution in [0, 0.1) is 82.6 Å². The smallest absolute Gasteiger partial charge is 0.335 e. The van der Waals surface area contributed by atoms with Gasteiger partial charge >= 0.3 is 35.8 Å². The Morgan fingerprint density at radius 3 is 0.561 bits per heavy atom. The first kappa shape index (κ1) is 39.7. The van der Waals surface area contributed by atoms with E-state index in [0.717, 1.165) is 18.2 Å². The number of hydrogen-bond acceptors (Lipinski definition) is 9. The molecular formula is C24H21N3O12Pr2. The van der Waals surface area contributed by atoms with Crippen molar-refractivity contribution in [3.63, 3.8) is 0 Å². The van der Waals surface area contributed by atoms with Crippen LogP contribution < -0.4 is 17.2 Å². The number of hydrogen-bond donors (Lipinski definition) is 9. The number of anilines is 3. The fraction of sp³-hybridized carbons (Fsp3) is 0. The molecule has 210 valence electrons. The van der Waals surface area contributed by atoms with Gasteiger partial charge in [0.2, 0.25) is 0 Å². The second kappa shape index (κ2) is 18.1. The molecule has 0 saturated carbocycles. The van der Waals surface area contributed by atoms with Gasteiger partial charge in [0, 0.05) is 99.6 Å². The predicted molar refractivity (Wildman–Crippen MR) is 134 cm³/mol. The summed E-state index contributed by atoms with van der Waals surface area (Å²) in [5.74, 6) is -7.20. The second-order valence-electron chi connectivity index (χ2n) is 7.36. The van der Waals surface area contributed by atoms with Crippen molar-refractivity contribution in [2.75, 3.05) is 17.2 Å². The number of benzene rings is 3. The zero-order valence-corrected chi connectivity index (χ0v) is 28.1. The zero-order chi connectivity index (χ0) is 30.0. The molecule has 0 aliphatic rings. The van der Waals surface area contributed by atoms with E-state index in [2.05, 4.69) is 0 Å². The third kappa shape index (κ3) is 13.7. The van der Waals surface area contributed by atoms with Crippen LogP contribution in [0.1, 0.15) is 62.1 Å². The molecule has 3 aromatic rings. The Balaban J connectivity index is 0. The SMILES string of the molecule is Nc1cc(C(=O)O)cc(C(=O)O)c1.Nc1cc(C(=O)O)cc(C(=O)O)c1.Nc1cc(C(=O)O)cc(C(=O)O)c1.[Pr].[Pr]. The van der Waals surface area contributed by atoms with E-state index in [1.807, 2.05) is 0 Å². The molecule has 3 aromatic carbocycles. The summed E-state index contributed by atoms with van der Waals surface area (Å²) in [6, 6.07) is 10.4. The Hall–Kier alpha value is -3.39. The Kier molecular flexibility index (Phi) is 17.6. The normalized spacial score (nSPS) is 9.07. The van der Waals surface area contributed by atoms with E-state index in [4.69, 9.17) is 47.8 Å². The van der Waals surface area contributed by atoms with Gasteiger partial charge in [0.25, 0.3) is 0 Å². The summed E-state index contributed by atoms with van der Waals surface area (Å²) in [6.07, 6.45) is 0. The molecule has 0 atom stereocenters. The van der Waals surface area contributed by atoms with Crippen LogP contribution in [0.25, 0.3) is 0 Å². The largest absolute Gasteiger partial charge is 0.478 e. The van der Waals surface area contributed by atoms with Crippen molar-refractivity contribution in [3.8, 4) is 0 Å². The third-order valence-corrected chi connectivity index (χ3v) is 4.35. The van der Waals surface area contributed by atoms with Crippen molar-refractivity contribution in [2.45, 2.75) is 0 Å². The van der Waals surface area contributed by atoms with Crippen molar-refractivity contribution < 1.29 is 142 Å². The summed E-state index contributed by atoms with van der Waals surface area (Å²) in [7, 11) is 0. The van der Waals surface area contributed by atoms with Gasteiger partial charge in [-0.1, -0.05) is 0 Å². The van der Waals surface area contributed by atoms with E-state index < -0.39 is 35.8 Å². The molecular weight excluding hydrogens is 804 g/mol. The molecule has 0 fully saturated rings. The minimum Gasteiger partial charge on any atom is -0.478 e. The van der Waals surface area contributed by atoms with Gasteiger partial charge in [-0.2, -0.15) is 0 Å². The monoisotopic (exact) mass is 825 g/mol. The number of nitrogen functional groups attached to an aromatic ring is 3. The fourth-order valence-corrected chi connectivity index (χ4v) is 2.70. The van der Waals surface area contributed by atoms with Gasteiger partial charge in [0.15, 0.2) is 0 Å². The predicted octanol–water partition coefficient (Wildman–Crippen LogP) is 2.00. The topological polar surface area (TPSA) is 302 Å². The third-order valence-electron chi connectivity index (χ3n) is 4.35. The summed E-state index contributed by atoms with van der Waals surface area (Å²) >= 11 is 0. The first-order chi connectivity index (χ1) is 18.0. The molecule has 0 aliphatic heterocycles. The average Bonchev–Trinajstić information content (AvgIpc) is 2.83. The van der Waals surface area contributed by atoms with Gasteiger partial charge in [0.1, 0.15) is 0 Å². The van der Waals surface area contributed by atoms with Crippen LogP contribution in [0.5, 0.6) is 0 Å². The number of carbonyl (C=O) groups is 6. The molecule has 0 saturated heterocycles. The molecule has 0 bridgehead atoms. The molecule has 2 radical (unpaired) electrons. The minimum absolute atomic E-state index is 0. The molecule has 12 N–H and O–H groups in total. The Bertz CT molecular complexity index is 1210. The first-order valence-electron chi connectivity index (χ1n) is 10.1. The van der Waals surface area contributed by atoms with Crippen LogP contribution in [-0.4, -0.2) is 66.5 Å². The number of carboxylic acids is 6. The van der Waals surface area contributed by atoms with Crippen LogP contribution >= 0.6 is 0 Å². The van der Waals surface area contributed by atoms with Gasteiger partial charge in [-0.3, -0.25) is 0 Å². The quantitative estimate of drug-likeness (QED) is 0.161. The van der Waals surface area contributed by atoms with E-state index in [0.29, 0.717) is 0 Å². The van der Waals surface area contributed by atoms with Gasteiger partial charge in [-0.25, -0.2) is 28.8 Å². The number of aromatic carboxylic acids is 6. The van der Waals surface area contributed by atoms with Crippen molar-refractivity contribution >= 4 is 52.9 Å². The van der Waals surface area contributed by atoms with Gasteiger partial charge in [-0.15, -0.1) is 0 Å². The average molecular weight is 825 g/mol. The van der Waals surface area contributed by atoms with E-state index >= 15 is 0 Å². The van der Waals surface area contributed by atoms with E-state index in [9.17, 15) is 28.8 Å². The van der Waals surface area contributed by atoms with Gasteiger partial charge in [0.05, 0.1) is 33.4 Å². The summed E-state index contributed by atoms with van der Waals surface area (Å²) in [5, 5.41) is 51.4. The summed E-state index contributed by atoms with van der Waals surface area (Å²) in [5.41, 5.74) is 15.5. The van der Waals surface area contributed by atoms with Crippen LogP contribution in [-0.2, 0) is 0 Å². The molecule has 0 aliphatic carbocycles.